The van der Waals surface area contributed by atoms with Gasteiger partial charge in [0.05, 0.1) is 5.92 Å². The van der Waals surface area contributed by atoms with Crippen LogP contribution in [0.3, 0.4) is 0 Å². The average Bonchev–Trinajstić information content (AvgIpc) is 3.27. The molecular formula is C17H16FNO. The highest BCUT2D eigenvalue weighted by atomic mass is 19.1. The van der Waals surface area contributed by atoms with Crippen LogP contribution in [0, 0.1) is 11.7 Å². The van der Waals surface area contributed by atoms with Crippen LogP contribution in [0.25, 0.3) is 0 Å². The zero-order chi connectivity index (χ0) is 13.9. The normalized spacial score (nSPS) is 15.7. The summed E-state index contributed by atoms with van der Waals surface area (Å²) in [5, 5.41) is 2.94. The summed E-state index contributed by atoms with van der Waals surface area (Å²) in [4.78, 5) is 12.5. The van der Waals surface area contributed by atoms with Crippen LogP contribution in [0.4, 0.5) is 10.1 Å². The fraction of sp³-hybridized carbons (Fsp3) is 0.235. The quantitative estimate of drug-likeness (QED) is 0.894. The molecule has 20 heavy (non-hydrogen) atoms. The summed E-state index contributed by atoms with van der Waals surface area (Å²) in [5.41, 5.74) is 1.69. The standard InChI is InChI=1S/C17H16FNO/c18-14-10-8-13(9-11-14)16(12-6-7-12)17(20)19-15-4-2-1-3-5-15/h1-5,8-12,16H,6-7H2,(H,19,20). The van der Waals surface area contributed by atoms with Gasteiger partial charge in [-0.25, -0.2) is 4.39 Å². The van der Waals surface area contributed by atoms with Crippen LogP contribution in [0.2, 0.25) is 0 Å². The maximum atomic E-state index is 13.0. The summed E-state index contributed by atoms with van der Waals surface area (Å²) in [6, 6.07) is 15.7. The van der Waals surface area contributed by atoms with E-state index in [4.69, 9.17) is 0 Å². The Morgan fingerprint density at radius 3 is 2.30 bits per heavy atom. The average molecular weight is 269 g/mol. The number of amides is 1. The lowest BCUT2D eigenvalue weighted by Gasteiger charge is -2.16. The molecule has 1 atom stereocenters. The van der Waals surface area contributed by atoms with Gasteiger partial charge < -0.3 is 5.32 Å². The molecule has 2 nitrogen and oxygen atoms in total. The molecule has 1 N–H and O–H groups in total. The maximum absolute atomic E-state index is 13.0. The lowest BCUT2D eigenvalue weighted by Crippen LogP contribution is -2.22. The van der Waals surface area contributed by atoms with Gasteiger partial charge in [-0.15, -0.1) is 0 Å². The van der Waals surface area contributed by atoms with Crippen LogP contribution in [0.15, 0.2) is 54.6 Å². The van der Waals surface area contributed by atoms with Crippen LogP contribution >= 0.6 is 0 Å². The van der Waals surface area contributed by atoms with E-state index in [9.17, 15) is 9.18 Å². The van der Waals surface area contributed by atoms with Crippen molar-refractivity contribution in [3.63, 3.8) is 0 Å². The Morgan fingerprint density at radius 2 is 1.70 bits per heavy atom. The third kappa shape index (κ3) is 2.87. The molecule has 2 aromatic rings. The zero-order valence-electron chi connectivity index (χ0n) is 11.1. The second-order valence-corrected chi connectivity index (χ2v) is 5.22. The smallest absolute Gasteiger partial charge is 0.232 e. The molecule has 0 radical (unpaired) electrons. The van der Waals surface area contributed by atoms with E-state index in [0.717, 1.165) is 24.1 Å². The molecule has 0 bridgehead atoms. The number of halogens is 1. The van der Waals surface area contributed by atoms with Crippen LogP contribution < -0.4 is 5.32 Å². The fourth-order valence-electron chi connectivity index (χ4n) is 2.48. The Kier molecular flexibility index (Phi) is 3.50. The largest absolute Gasteiger partial charge is 0.326 e. The SMILES string of the molecule is O=C(Nc1ccccc1)C(c1ccc(F)cc1)C1CC1. The van der Waals surface area contributed by atoms with Crippen molar-refractivity contribution >= 4 is 11.6 Å². The van der Waals surface area contributed by atoms with Crippen molar-refractivity contribution in [2.75, 3.05) is 5.32 Å². The van der Waals surface area contributed by atoms with E-state index in [1.165, 1.54) is 12.1 Å². The van der Waals surface area contributed by atoms with Crippen molar-refractivity contribution in [1.82, 2.24) is 0 Å². The Bertz CT molecular complexity index is 590. The number of para-hydroxylation sites is 1. The number of nitrogens with one attached hydrogen (secondary N) is 1. The molecule has 1 aliphatic rings. The Balaban J connectivity index is 1.80. The third-order valence-corrected chi connectivity index (χ3v) is 3.65. The minimum absolute atomic E-state index is 0.00897. The monoisotopic (exact) mass is 269 g/mol. The summed E-state index contributed by atoms with van der Waals surface area (Å²) in [6.45, 7) is 0. The van der Waals surface area contributed by atoms with Gasteiger partial charge in [0.25, 0.3) is 0 Å². The van der Waals surface area contributed by atoms with Gasteiger partial charge in [0.1, 0.15) is 5.82 Å². The third-order valence-electron chi connectivity index (χ3n) is 3.65. The zero-order valence-corrected chi connectivity index (χ0v) is 11.1. The second-order valence-electron chi connectivity index (χ2n) is 5.22. The molecule has 1 amide bonds. The summed E-state index contributed by atoms with van der Waals surface area (Å²) in [5.74, 6) is -0.0861. The molecule has 1 aliphatic carbocycles. The first-order valence-electron chi connectivity index (χ1n) is 6.85. The highest BCUT2D eigenvalue weighted by molar-refractivity contribution is 5.96. The van der Waals surface area contributed by atoms with Gasteiger partial charge in [-0.2, -0.15) is 0 Å². The molecule has 0 aliphatic heterocycles. The number of hydrogen-bond acceptors (Lipinski definition) is 1. The summed E-state index contributed by atoms with van der Waals surface area (Å²) < 4.78 is 13.0. The molecule has 2 aromatic carbocycles. The summed E-state index contributed by atoms with van der Waals surface area (Å²) >= 11 is 0. The Morgan fingerprint density at radius 1 is 1.05 bits per heavy atom. The molecule has 3 rings (SSSR count). The minimum atomic E-state index is -0.272. The Labute approximate surface area is 117 Å². The first kappa shape index (κ1) is 12.9. The van der Waals surface area contributed by atoms with Gasteiger partial charge in [0, 0.05) is 5.69 Å². The predicted octanol–water partition coefficient (Wildman–Crippen LogP) is 3.96. The van der Waals surface area contributed by atoms with Crippen molar-refractivity contribution in [2.45, 2.75) is 18.8 Å². The highest BCUT2D eigenvalue weighted by Gasteiger charge is 2.37. The van der Waals surface area contributed by atoms with E-state index in [1.807, 2.05) is 30.3 Å². The minimum Gasteiger partial charge on any atom is -0.326 e. The first-order valence-corrected chi connectivity index (χ1v) is 6.85. The highest BCUT2D eigenvalue weighted by Crippen LogP contribution is 2.43. The molecule has 0 aromatic heterocycles. The van der Waals surface area contributed by atoms with E-state index in [0.29, 0.717) is 5.92 Å². The first-order chi connectivity index (χ1) is 9.74. The fourth-order valence-corrected chi connectivity index (χ4v) is 2.48. The molecule has 0 saturated heterocycles. The second kappa shape index (κ2) is 5.45. The lowest BCUT2D eigenvalue weighted by molar-refractivity contribution is -0.118. The molecule has 0 spiro atoms. The lowest BCUT2D eigenvalue weighted by atomic mass is 9.93. The molecule has 102 valence electrons. The van der Waals surface area contributed by atoms with Gasteiger partial charge in [0.2, 0.25) is 5.91 Å². The molecule has 0 heterocycles. The molecule has 1 fully saturated rings. The number of anilines is 1. The van der Waals surface area contributed by atoms with Gasteiger partial charge in [-0.3, -0.25) is 4.79 Å². The summed E-state index contributed by atoms with van der Waals surface area (Å²) in [7, 11) is 0. The van der Waals surface area contributed by atoms with Crippen molar-refractivity contribution < 1.29 is 9.18 Å². The van der Waals surface area contributed by atoms with Gasteiger partial charge >= 0.3 is 0 Å². The molecule has 3 heteroatoms. The van der Waals surface area contributed by atoms with E-state index in [2.05, 4.69) is 5.32 Å². The Hall–Kier alpha value is -2.16. The van der Waals surface area contributed by atoms with Gasteiger partial charge in [-0.1, -0.05) is 30.3 Å². The van der Waals surface area contributed by atoms with Crippen LogP contribution in [0.1, 0.15) is 24.3 Å². The predicted molar refractivity (Wildman–Crippen MR) is 76.9 cm³/mol. The summed E-state index contributed by atoms with van der Waals surface area (Å²) in [6.07, 6.45) is 2.12. The molecular weight excluding hydrogens is 253 g/mol. The number of carbonyl (C=O) groups excluding carboxylic acids is 1. The van der Waals surface area contributed by atoms with Gasteiger partial charge in [-0.05, 0) is 48.6 Å². The van der Waals surface area contributed by atoms with Crippen LogP contribution in [-0.4, -0.2) is 5.91 Å². The van der Waals surface area contributed by atoms with Crippen molar-refractivity contribution in [2.24, 2.45) is 5.92 Å². The maximum Gasteiger partial charge on any atom is 0.232 e. The van der Waals surface area contributed by atoms with Crippen LogP contribution in [0.5, 0.6) is 0 Å². The number of rotatable bonds is 4. The van der Waals surface area contributed by atoms with E-state index < -0.39 is 0 Å². The van der Waals surface area contributed by atoms with Crippen molar-refractivity contribution in [3.05, 3.63) is 66.0 Å². The van der Waals surface area contributed by atoms with Crippen molar-refractivity contribution in [1.29, 1.82) is 0 Å². The van der Waals surface area contributed by atoms with E-state index in [-0.39, 0.29) is 17.6 Å². The molecule has 1 unspecified atom stereocenters. The number of carbonyl (C=O) groups is 1. The van der Waals surface area contributed by atoms with E-state index >= 15 is 0 Å². The molecule has 1 saturated carbocycles. The van der Waals surface area contributed by atoms with E-state index in [1.54, 1.807) is 12.1 Å². The topological polar surface area (TPSA) is 29.1 Å². The van der Waals surface area contributed by atoms with Crippen LogP contribution in [-0.2, 0) is 4.79 Å². The number of hydrogen-bond donors (Lipinski definition) is 1. The van der Waals surface area contributed by atoms with Gasteiger partial charge in [0.15, 0.2) is 0 Å². The van der Waals surface area contributed by atoms with Crippen molar-refractivity contribution in [3.8, 4) is 0 Å². The number of benzene rings is 2.